The van der Waals surface area contributed by atoms with E-state index in [0.717, 1.165) is 23.0 Å². The van der Waals surface area contributed by atoms with Crippen molar-refractivity contribution in [3.8, 4) is 0 Å². The van der Waals surface area contributed by atoms with Crippen molar-refractivity contribution in [2.75, 3.05) is 24.5 Å². The smallest absolute Gasteiger partial charge is 0.239 e. The molecule has 0 saturated carbocycles. The summed E-state index contributed by atoms with van der Waals surface area (Å²) in [6, 6.07) is 7.65. The number of amides is 2. The third kappa shape index (κ3) is 3.03. The van der Waals surface area contributed by atoms with Gasteiger partial charge in [0.1, 0.15) is 5.92 Å². The number of carbonyl (C=O) groups is 2. The van der Waals surface area contributed by atoms with E-state index >= 15 is 0 Å². The number of hydrogen-bond acceptors (Lipinski definition) is 3. The summed E-state index contributed by atoms with van der Waals surface area (Å²) in [5.74, 6) is -0.704. The van der Waals surface area contributed by atoms with Crippen LogP contribution < -0.4 is 10.6 Å². The fraction of sp³-hybridized carbons (Fsp3) is 0.500. The third-order valence-corrected chi connectivity index (χ3v) is 4.89. The molecule has 2 fully saturated rings. The SMILES string of the molecule is NC1CCCN(C(=O)C2CCN(c3cccc(Br)c3)C2=O)C1. The van der Waals surface area contributed by atoms with Crippen LogP contribution in [0, 0.1) is 5.92 Å². The number of likely N-dealkylation sites (tertiary alicyclic amines) is 1. The first-order valence-corrected chi connectivity index (χ1v) is 8.47. The number of carbonyl (C=O) groups excluding carboxylic acids is 2. The molecule has 2 aliphatic heterocycles. The fourth-order valence-electron chi connectivity index (χ4n) is 3.24. The van der Waals surface area contributed by atoms with Crippen molar-refractivity contribution in [1.82, 2.24) is 4.90 Å². The summed E-state index contributed by atoms with van der Waals surface area (Å²) in [5, 5.41) is 0. The number of anilines is 1. The lowest BCUT2D eigenvalue weighted by atomic mass is 10.0. The molecule has 0 radical (unpaired) electrons. The van der Waals surface area contributed by atoms with Gasteiger partial charge in [-0.2, -0.15) is 0 Å². The molecular formula is C16H20BrN3O2. The Morgan fingerprint density at radius 3 is 2.82 bits per heavy atom. The van der Waals surface area contributed by atoms with Gasteiger partial charge in [0.25, 0.3) is 0 Å². The van der Waals surface area contributed by atoms with E-state index in [1.54, 1.807) is 9.80 Å². The molecule has 0 aliphatic carbocycles. The van der Waals surface area contributed by atoms with Crippen LogP contribution in [0.1, 0.15) is 19.3 Å². The summed E-state index contributed by atoms with van der Waals surface area (Å²) < 4.78 is 0.926. The molecule has 2 N–H and O–H groups in total. The molecular weight excluding hydrogens is 346 g/mol. The van der Waals surface area contributed by atoms with E-state index in [1.807, 2.05) is 24.3 Å². The van der Waals surface area contributed by atoms with Gasteiger partial charge in [0.2, 0.25) is 11.8 Å². The first-order valence-electron chi connectivity index (χ1n) is 7.67. The second kappa shape index (κ2) is 6.38. The second-order valence-corrected chi connectivity index (χ2v) is 6.91. The molecule has 1 aromatic rings. The van der Waals surface area contributed by atoms with Crippen LogP contribution in [0.15, 0.2) is 28.7 Å². The van der Waals surface area contributed by atoms with Gasteiger partial charge < -0.3 is 15.5 Å². The second-order valence-electron chi connectivity index (χ2n) is 6.00. The quantitative estimate of drug-likeness (QED) is 0.811. The summed E-state index contributed by atoms with van der Waals surface area (Å²) in [7, 11) is 0. The van der Waals surface area contributed by atoms with Crippen molar-refractivity contribution >= 4 is 33.4 Å². The molecule has 2 heterocycles. The molecule has 0 spiro atoms. The predicted octanol–water partition coefficient (Wildman–Crippen LogP) is 1.75. The van der Waals surface area contributed by atoms with Gasteiger partial charge in [0.05, 0.1) is 0 Å². The third-order valence-electron chi connectivity index (χ3n) is 4.39. The number of benzene rings is 1. The van der Waals surface area contributed by atoms with Crippen molar-refractivity contribution in [2.24, 2.45) is 11.7 Å². The lowest BCUT2D eigenvalue weighted by Gasteiger charge is -2.32. The average Bonchev–Trinajstić information content (AvgIpc) is 2.88. The number of nitrogens with zero attached hydrogens (tertiary/aromatic N) is 2. The standard InChI is InChI=1S/C16H20BrN3O2/c17-11-3-1-5-13(9-11)20-8-6-14(16(20)22)15(21)19-7-2-4-12(18)10-19/h1,3,5,9,12,14H,2,4,6-8,10,18H2. The minimum Gasteiger partial charge on any atom is -0.340 e. The maximum Gasteiger partial charge on any atom is 0.239 e. The maximum absolute atomic E-state index is 12.6. The van der Waals surface area contributed by atoms with Gasteiger partial charge in [-0.15, -0.1) is 0 Å². The summed E-state index contributed by atoms with van der Waals surface area (Å²) in [6.45, 7) is 1.87. The zero-order valence-electron chi connectivity index (χ0n) is 12.4. The van der Waals surface area contributed by atoms with E-state index in [0.29, 0.717) is 26.1 Å². The number of rotatable bonds is 2. The number of hydrogen-bond donors (Lipinski definition) is 1. The Balaban J connectivity index is 1.72. The molecule has 22 heavy (non-hydrogen) atoms. The zero-order valence-corrected chi connectivity index (χ0v) is 14.0. The Morgan fingerprint density at radius 1 is 1.27 bits per heavy atom. The van der Waals surface area contributed by atoms with Gasteiger partial charge in [0, 0.05) is 35.8 Å². The summed E-state index contributed by atoms with van der Waals surface area (Å²) >= 11 is 3.42. The van der Waals surface area contributed by atoms with Gasteiger partial charge in [-0.3, -0.25) is 9.59 Å². The van der Waals surface area contributed by atoms with Gasteiger partial charge in [-0.05, 0) is 37.5 Å². The molecule has 2 unspecified atom stereocenters. The van der Waals surface area contributed by atoms with Crippen molar-refractivity contribution in [1.29, 1.82) is 0 Å². The van der Waals surface area contributed by atoms with Crippen LogP contribution in [0.3, 0.4) is 0 Å². The van der Waals surface area contributed by atoms with Gasteiger partial charge in [-0.1, -0.05) is 22.0 Å². The Kier molecular flexibility index (Phi) is 4.49. The Bertz CT molecular complexity index is 593. The summed E-state index contributed by atoms with van der Waals surface area (Å²) in [5.41, 5.74) is 6.77. The average molecular weight is 366 g/mol. The summed E-state index contributed by atoms with van der Waals surface area (Å²) in [6.07, 6.45) is 2.45. The first-order chi connectivity index (χ1) is 10.6. The van der Waals surface area contributed by atoms with E-state index in [1.165, 1.54) is 0 Å². The Morgan fingerprint density at radius 2 is 2.09 bits per heavy atom. The first kappa shape index (κ1) is 15.5. The molecule has 3 rings (SSSR count). The molecule has 0 aromatic heterocycles. The zero-order chi connectivity index (χ0) is 15.7. The molecule has 6 heteroatoms. The van der Waals surface area contributed by atoms with Gasteiger partial charge in [-0.25, -0.2) is 0 Å². The topological polar surface area (TPSA) is 66.6 Å². The Labute approximate surface area is 138 Å². The van der Waals surface area contributed by atoms with E-state index in [-0.39, 0.29) is 17.9 Å². The molecule has 2 amide bonds. The maximum atomic E-state index is 12.6. The number of halogens is 1. The van der Waals surface area contributed by atoms with Crippen LogP contribution in [-0.4, -0.2) is 42.4 Å². The summed E-state index contributed by atoms with van der Waals surface area (Å²) in [4.78, 5) is 28.7. The van der Waals surface area contributed by atoms with Crippen LogP contribution in [0.25, 0.3) is 0 Å². The molecule has 1 aromatic carbocycles. The van der Waals surface area contributed by atoms with Crippen molar-refractivity contribution < 1.29 is 9.59 Å². The highest BCUT2D eigenvalue weighted by molar-refractivity contribution is 9.10. The molecule has 5 nitrogen and oxygen atoms in total. The van der Waals surface area contributed by atoms with Gasteiger partial charge >= 0.3 is 0 Å². The van der Waals surface area contributed by atoms with Crippen molar-refractivity contribution in [2.45, 2.75) is 25.3 Å². The highest BCUT2D eigenvalue weighted by Gasteiger charge is 2.40. The minimum atomic E-state index is -0.552. The number of piperidine rings is 1. The normalized spacial score (nSPS) is 25.6. The van der Waals surface area contributed by atoms with Crippen LogP contribution >= 0.6 is 15.9 Å². The lowest BCUT2D eigenvalue weighted by molar-refractivity contribution is -0.140. The minimum absolute atomic E-state index is 0.0374. The lowest BCUT2D eigenvalue weighted by Crippen LogP contribution is -2.49. The van der Waals surface area contributed by atoms with Crippen molar-refractivity contribution in [3.05, 3.63) is 28.7 Å². The molecule has 2 aliphatic rings. The highest BCUT2D eigenvalue weighted by Crippen LogP contribution is 2.29. The molecule has 2 saturated heterocycles. The van der Waals surface area contributed by atoms with Gasteiger partial charge in [0.15, 0.2) is 0 Å². The fourth-order valence-corrected chi connectivity index (χ4v) is 3.63. The van der Waals surface area contributed by atoms with Crippen LogP contribution in [0.5, 0.6) is 0 Å². The molecule has 118 valence electrons. The largest absolute Gasteiger partial charge is 0.340 e. The van der Waals surface area contributed by atoms with E-state index in [4.69, 9.17) is 5.73 Å². The number of nitrogens with two attached hydrogens (primary N) is 1. The highest BCUT2D eigenvalue weighted by atomic mass is 79.9. The van der Waals surface area contributed by atoms with Crippen molar-refractivity contribution in [3.63, 3.8) is 0 Å². The van der Waals surface area contributed by atoms with E-state index in [2.05, 4.69) is 15.9 Å². The van der Waals surface area contributed by atoms with Crippen LogP contribution in [0.2, 0.25) is 0 Å². The van der Waals surface area contributed by atoms with Crippen LogP contribution in [0.4, 0.5) is 5.69 Å². The Hall–Kier alpha value is -1.40. The van der Waals surface area contributed by atoms with E-state index < -0.39 is 5.92 Å². The van der Waals surface area contributed by atoms with E-state index in [9.17, 15) is 9.59 Å². The predicted molar refractivity (Wildman–Crippen MR) is 88.4 cm³/mol. The molecule has 0 bridgehead atoms. The monoisotopic (exact) mass is 365 g/mol. The molecule has 2 atom stereocenters. The van der Waals surface area contributed by atoms with Crippen LogP contribution in [-0.2, 0) is 9.59 Å².